The Balaban J connectivity index is 4.13. The van der Waals surface area contributed by atoms with Crippen LogP contribution in [-0.2, 0) is 4.79 Å². The van der Waals surface area contributed by atoms with Gasteiger partial charge >= 0.3 is 5.97 Å². The summed E-state index contributed by atoms with van der Waals surface area (Å²) in [7, 11) is 0. The third kappa shape index (κ3) is 4.07. The molecule has 84 valence electrons. The molecule has 0 radical (unpaired) electrons. The minimum atomic E-state index is -1.69. The number of aliphatic carboxylic acids is 1. The van der Waals surface area contributed by atoms with Crippen LogP contribution in [0.15, 0.2) is 0 Å². The van der Waals surface area contributed by atoms with Crippen LogP contribution in [0.25, 0.3) is 0 Å². The lowest BCUT2D eigenvalue weighted by Gasteiger charge is -2.30. The molecule has 0 aliphatic rings. The summed E-state index contributed by atoms with van der Waals surface area (Å²) < 4.78 is 0. The number of aliphatic hydroxyl groups is 1. The normalized spacial score (nSPS) is 18.7. The maximum absolute atomic E-state index is 10.6. The molecule has 0 bridgehead atoms. The first-order valence-electron chi connectivity index (χ1n) is 4.76. The van der Waals surface area contributed by atoms with E-state index in [2.05, 4.69) is 26.1 Å². The summed E-state index contributed by atoms with van der Waals surface area (Å²) in [4.78, 5) is 10.6. The average Bonchev–Trinajstić information content (AvgIpc) is 1.98. The van der Waals surface area contributed by atoms with Crippen molar-refractivity contribution >= 4 is 5.97 Å². The van der Waals surface area contributed by atoms with Gasteiger partial charge in [-0.05, 0) is 19.3 Å². The van der Waals surface area contributed by atoms with Crippen LogP contribution in [-0.4, -0.2) is 34.4 Å². The number of hydrogen-bond donors (Lipinski definition) is 3. The van der Waals surface area contributed by atoms with Crippen molar-refractivity contribution in [2.75, 3.05) is 6.54 Å². The van der Waals surface area contributed by atoms with E-state index in [1.54, 1.807) is 0 Å². The molecule has 0 amide bonds. The molecule has 0 aliphatic carbocycles. The van der Waals surface area contributed by atoms with E-state index in [1.807, 2.05) is 6.92 Å². The molecular weight excluding hydrogens is 182 g/mol. The topological polar surface area (TPSA) is 69.6 Å². The molecule has 0 saturated heterocycles. The highest BCUT2D eigenvalue weighted by atomic mass is 16.4. The Hall–Kier alpha value is -0.610. The van der Waals surface area contributed by atoms with Gasteiger partial charge in [0, 0.05) is 12.6 Å². The second-order valence-electron chi connectivity index (χ2n) is 5.05. The number of carbonyl (C=O) groups is 1. The van der Waals surface area contributed by atoms with Gasteiger partial charge < -0.3 is 15.5 Å². The van der Waals surface area contributed by atoms with Crippen molar-refractivity contribution in [3.05, 3.63) is 0 Å². The quantitative estimate of drug-likeness (QED) is 0.633. The molecule has 14 heavy (non-hydrogen) atoms. The van der Waals surface area contributed by atoms with E-state index in [1.165, 1.54) is 6.92 Å². The molecule has 0 fully saturated rings. The molecule has 0 saturated carbocycles. The third-order valence-corrected chi connectivity index (χ3v) is 2.51. The monoisotopic (exact) mass is 203 g/mol. The summed E-state index contributed by atoms with van der Waals surface area (Å²) in [5.74, 6) is -1.20. The molecule has 2 unspecified atom stereocenters. The van der Waals surface area contributed by atoms with Crippen LogP contribution in [0.5, 0.6) is 0 Å². The second kappa shape index (κ2) is 4.28. The second-order valence-corrected chi connectivity index (χ2v) is 5.05. The fourth-order valence-electron chi connectivity index (χ4n) is 0.734. The Bertz CT molecular complexity index is 206. The van der Waals surface area contributed by atoms with E-state index in [0.29, 0.717) is 0 Å². The Kier molecular flexibility index (Phi) is 4.09. The summed E-state index contributed by atoms with van der Waals surface area (Å²) >= 11 is 0. The van der Waals surface area contributed by atoms with Gasteiger partial charge in [0.25, 0.3) is 0 Å². The maximum atomic E-state index is 10.6. The Morgan fingerprint density at radius 3 is 2.07 bits per heavy atom. The van der Waals surface area contributed by atoms with Gasteiger partial charge in [-0.3, -0.25) is 0 Å². The van der Waals surface area contributed by atoms with Crippen LogP contribution in [0.3, 0.4) is 0 Å². The van der Waals surface area contributed by atoms with E-state index < -0.39 is 11.6 Å². The minimum absolute atomic E-state index is 0.0502. The van der Waals surface area contributed by atoms with Gasteiger partial charge in [0.1, 0.15) is 0 Å². The first-order valence-corrected chi connectivity index (χ1v) is 4.76. The molecule has 4 heteroatoms. The molecule has 2 atom stereocenters. The number of nitrogens with one attached hydrogen (secondary N) is 1. The summed E-state index contributed by atoms with van der Waals surface area (Å²) in [5.41, 5.74) is -1.64. The van der Waals surface area contributed by atoms with E-state index >= 15 is 0 Å². The van der Waals surface area contributed by atoms with Crippen LogP contribution in [0.4, 0.5) is 0 Å². The molecule has 0 aromatic carbocycles. The lowest BCUT2D eigenvalue weighted by molar-refractivity contribution is -0.156. The van der Waals surface area contributed by atoms with E-state index in [4.69, 9.17) is 5.11 Å². The van der Waals surface area contributed by atoms with E-state index in [0.717, 1.165) is 0 Å². The summed E-state index contributed by atoms with van der Waals surface area (Å²) in [5, 5.41) is 21.1. The van der Waals surface area contributed by atoms with Gasteiger partial charge in [-0.2, -0.15) is 0 Å². The number of hydrogen-bond acceptors (Lipinski definition) is 3. The van der Waals surface area contributed by atoms with Gasteiger partial charge in [-0.15, -0.1) is 0 Å². The first kappa shape index (κ1) is 13.4. The predicted octanol–water partition coefficient (Wildman–Crippen LogP) is 0.846. The van der Waals surface area contributed by atoms with Crippen molar-refractivity contribution in [1.29, 1.82) is 0 Å². The Labute approximate surface area is 85.3 Å². The first-order chi connectivity index (χ1) is 6.07. The summed E-state index contributed by atoms with van der Waals surface area (Å²) in [6.45, 7) is 9.48. The van der Waals surface area contributed by atoms with Gasteiger partial charge in [-0.25, -0.2) is 4.79 Å². The fraction of sp³-hybridized carbons (Fsp3) is 0.900. The Morgan fingerprint density at radius 2 is 1.79 bits per heavy atom. The fourth-order valence-corrected chi connectivity index (χ4v) is 0.734. The zero-order valence-electron chi connectivity index (χ0n) is 9.59. The van der Waals surface area contributed by atoms with Crippen molar-refractivity contribution in [1.82, 2.24) is 5.32 Å². The zero-order valence-corrected chi connectivity index (χ0v) is 9.59. The number of carboxylic acid groups (broad SMARTS) is 1. The summed E-state index contributed by atoms with van der Waals surface area (Å²) in [6.07, 6.45) is 0. The Morgan fingerprint density at radius 1 is 1.36 bits per heavy atom. The molecular formula is C10H21NO3. The van der Waals surface area contributed by atoms with Gasteiger partial charge in [0.05, 0.1) is 0 Å². The molecule has 0 aromatic rings. The van der Waals surface area contributed by atoms with Crippen LogP contribution >= 0.6 is 0 Å². The van der Waals surface area contributed by atoms with Gasteiger partial charge in [0.15, 0.2) is 5.60 Å². The van der Waals surface area contributed by atoms with Gasteiger partial charge in [0.2, 0.25) is 0 Å². The largest absolute Gasteiger partial charge is 0.479 e. The van der Waals surface area contributed by atoms with Crippen molar-refractivity contribution in [3.8, 4) is 0 Å². The average molecular weight is 203 g/mol. The third-order valence-electron chi connectivity index (χ3n) is 2.51. The molecule has 3 N–H and O–H groups in total. The van der Waals surface area contributed by atoms with Crippen LogP contribution in [0, 0.1) is 5.41 Å². The van der Waals surface area contributed by atoms with Crippen molar-refractivity contribution < 1.29 is 15.0 Å². The van der Waals surface area contributed by atoms with Crippen molar-refractivity contribution in [2.24, 2.45) is 5.41 Å². The number of rotatable bonds is 4. The van der Waals surface area contributed by atoms with Crippen molar-refractivity contribution in [3.63, 3.8) is 0 Å². The predicted molar refractivity (Wildman–Crippen MR) is 55.2 cm³/mol. The highest BCUT2D eigenvalue weighted by molar-refractivity contribution is 5.76. The minimum Gasteiger partial charge on any atom is -0.479 e. The zero-order chi connectivity index (χ0) is 11.6. The summed E-state index contributed by atoms with van der Waals surface area (Å²) in [6, 6.07) is 0.147. The lowest BCUT2D eigenvalue weighted by Crippen LogP contribution is -2.50. The number of carboxylic acids is 1. The molecule has 0 aromatic heterocycles. The van der Waals surface area contributed by atoms with E-state index in [9.17, 15) is 9.90 Å². The molecule has 4 nitrogen and oxygen atoms in total. The highest BCUT2D eigenvalue weighted by Crippen LogP contribution is 2.18. The van der Waals surface area contributed by atoms with Crippen LogP contribution < -0.4 is 5.32 Å². The smallest absolute Gasteiger partial charge is 0.336 e. The molecule has 0 heterocycles. The highest BCUT2D eigenvalue weighted by Gasteiger charge is 2.31. The molecule has 0 aliphatic heterocycles. The molecule has 0 spiro atoms. The lowest BCUT2D eigenvalue weighted by atomic mass is 9.87. The molecule has 0 rings (SSSR count). The standard InChI is InChI=1S/C10H21NO3/c1-7(9(2,3)4)11-6-10(5,14)8(12)13/h7,11,14H,6H2,1-5H3,(H,12,13). The van der Waals surface area contributed by atoms with Crippen molar-refractivity contribution in [2.45, 2.75) is 46.3 Å². The van der Waals surface area contributed by atoms with Crippen LogP contribution in [0.1, 0.15) is 34.6 Å². The SMILES string of the molecule is CC(NCC(C)(O)C(=O)O)C(C)(C)C. The van der Waals surface area contributed by atoms with Crippen LogP contribution in [0.2, 0.25) is 0 Å². The van der Waals surface area contributed by atoms with Gasteiger partial charge in [-0.1, -0.05) is 20.8 Å². The van der Waals surface area contributed by atoms with E-state index in [-0.39, 0.29) is 18.0 Å². The maximum Gasteiger partial charge on any atom is 0.336 e.